The first-order valence-corrected chi connectivity index (χ1v) is 6.46. The van der Waals surface area contributed by atoms with E-state index in [4.69, 9.17) is 4.52 Å². The SMILES string of the molecule is CNc1ccc(-c2ccc(-c3cc(C)no3)cc2O)nn1. The van der Waals surface area contributed by atoms with Crippen LogP contribution in [0.25, 0.3) is 22.6 Å². The fraction of sp³-hybridized carbons (Fsp3) is 0.133. The minimum absolute atomic E-state index is 0.119. The van der Waals surface area contributed by atoms with Crippen molar-refractivity contribution in [2.45, 2.75) is 6.92 Å². The normalized spacial score (nSPS) is 10.6. The van der Waals surface area contributed by atoms with Crippen molar-refractivity contribution < 1.29 is 9.63 Å². The first-order chi connectivity index (χ1) is 10.2. The highest BCUT2D eigenvalue weighted by molar-refractivity contribution is 5.72. The van der Waals surface area contributed by atoms with Gasteiger partial charge in [0.25, 0.3) is 0 Å². The van der Waals surface area contributed by atoms with Crippen molar-refractivity contribution in [1.82, 2.24) is 15.4 Å². The van der Waals surface area contributed by atoms with E-state index in [1.807, 2.05) is 19.1 Å². The quantitative estimate of drug-likeness (QED) is 0.768. The molecule has 3 rings (SSSR count). The van der Waals surface area contributed by atoms with E-state index in [1.54, 1.807) is 31.3 Å². The molecule has 0 amide bonds. The Hall–Kier alpha value is -2.89. The number of rotatable bonds is 3. The number of aromatic nitrogens is 3. The lowest BCUT2D eigenvalue weighted by molar-refractivity contribution is 0.426. The zero-order valence-corrected chi connectivity index (χ0v) is 11.7. The predicted molar refractivity (Wildman–Crippen MR) is 78.9 cm³/mol. The van der Waals surface area contributed by atoms with E-state index < -0.39 is 0 Å². The number of aromatic hydroxyl groups is 1. The Morgan fingerprint density at radius 1 is 1.10 bits per heavy atom. The highest BCUT2D eigenvalue weighted by Crippen LogP contribution is 2.32. The van der Waals surface area contributed by atoms with Gasteiger partial charge in [-0.2, -0.15) is 0 Å². The van der Waals surface area contributed by atoms with Crippen LogP contribution in [0.5, 0.6) is 5.75 Å². The van der Waals surface area contributed by atoms with Crippen LogP contribution in [0.1, 0.15) is 5.69 Å². The highest BCUT2D eigenvalue weighted by atomic mass is 16.5. The predicted octanol–water partition coefficient (Wildman–Crippen LogP) is 2.85. The van der Waals surface area contributed by atoms with Crippen LogP contribution in [0.2, 0.25) is 0 Å². The maximum absolute atomic E-state index is 10.2. The topological polar surface area (TPSA) is 84.1 Å². The van der Waals surface area contributed by atoms with Crippen molar-refractivity contribution in [2.75, 3.05) is 12.4 Å². The Labute approximate surface area is 121 Å². The van der Waals surface area contributed by atoms with E-state index in [9.17, 15) is 5.11 Å². The van der Waals surface area contributed by atoms with Crippen molar-refractivity contribution in [2.24, 2.45) is 0 Å². The number of nitrogens with zero attached hydrogens (tertiary/aromatic N) is 3. The number of hydrogen-bond acceptors (Lipinski definition) is 6. The van der Waals surface area contributed by atoms with Crippen molar-refractivity contribution in [1.29, 1.82) is 0 Å². The van der Waals surface area contributed by atoms with Gasteiger partial charge in [-0.05, 0) is 31.2 Å². The summed E-state index contributed by atoms with van der Waals surface area (Å²) in [7, 11) is 1.77. The Kier molecular flexibility index (Phi) is 3.27. The maximum Gasteiger partial charge on any atom is 0.167 e. The second-order valence-corrected chi connectivity index (χ2v) is 4.62. The average molecular weight is 282 g/mol. The molecule has 21 heavy (non-hydrogen) atoms. The number of phenols is 1. The minimum Gasteiger partial charge on any atom is -0.507 e. The molecule has 0 bridgehead atoms. The van der Waals surface area contributed by atoms with Crippen LogP contribution in [0.15, 0.2) is 40.9 Å². The molecule has 0 saturated heterocycles. The molecular formula is C15H14N4O2. The second-order valence-electron chi connectivity index (χ2n) is 4.62. The summed E-state index contributed by atoms with van der Waals surface area (Å²) in [6, 6.07) is 10.7. The van der Waals surface area contributed by atoms with Gasteiger partial charge < -0.3 is 14.9 Å². The van der Waals surface area contributed by atoms with Gasteiger partial charge in [0.15, 0.2) is 5.76 Å². The van der Waals surface area contributed by atoms with Crippen LogP contribution < -0.4 is 5.32 Å². The summed E-state index contributed by atoms with van der Waals surface area (Å²) in [4.78, 5) is 0. The van der Waals surface area contributed by atoms with Crippen molar-refractivity contribution in [3.63, 3.8) is 0 Å². The fourth-order valence-electron chi connectivity index (χ4n) is 2.01. The van der Waals surface area contributed by atoms with Gasteiger partial charge in [-0.15, -0.1) is 10.2 Å². The third-order valence-corrected chi connectivity index (χ3v) is 3.11. The number of hydrogen-bond donors (Lipinski definition) is 2. The van der Waals surface area contributed by atoms with Gasteiger partial charge in [-0.1, -0.05) is 11.2 Å². The van der Waals surface area contributed by atoms with E-state index in [1.165, 1.54) is 0 Å². The standard InChI is InChI=1S/C15H14N4O2/c1-9-7-14(21-19-9)10-3-4-11(13(20)8-10)12-5-6-15(16-2)18-17-12/h3-8,20H,1-2H3,(H,16,18). The molecule has 2 aromatic heterocycles. The number of benzene rings is 1. The number of anilines is 1. The van der Waals surface area contributed by atoms with Gasteiger partial charge in [-0.25, -0.2) is 0 Å². The second kappa shape index (κ2) is 5.24. The van der Waals surface area contributed by atoms with E-state index in [-0.39, 0.29) is 5.75 Å². The lowest BCUT2D eigenvalue weighted by atomic mass is 10.1. The summed E-state index contributed by atoms with van der Waals surface area (Å²) in [6.07, 6.45) is 0. The molecule has 6 nitrogen and oxygen atoms in total. The molecule has 2 heterocycles. The number of aryl methyl sites for hydroxylation is 1. The molecule has 0 fully saturated rings. The maximum atomic E-state index is 10.2. The molecule has 0 spiro atoms. The van der Waals surface area contributed by atoms with Crippen LogP contribution in [-0.2, 0) is 0 Å². The summed E-state index contributed by atoms with van der Waals surface area (Å²) < 4.78 is 5.18. The molecule has 2 N–H and O–H groups in total. The van der Waals surface area contributed by atoms with Gasteiger partial charge in [0.2, 0.25) is 0 Å². The number of nitrogens with one attached hydrogen (secondary N) is 1. The lowest BCUT2D eigenvalue weighted by Gasteiger charge is -2.05. The lowest BCUT2D eigenvalue weighted by Crippen LogP contribution is -1.95. The fourth-order valence-corrected chi connectivity index (χ4v) is 2.01. The van der Waals surface area contributed by atoms with E-state index in [0.29, 0.717) is 22.8 Å². The first kappa shape index (κ1) is 13.1. The molecule has 0 saturated carbocycles. The minimum atomic E-state index is 0.119. The summed E-state index contributed by atoms with van der Waals surface area (Å²) >= 11 is 0. The third-order valence-electron chi connectivity index (χ3n) is 3.11. The van der Waals surface area contributed by atoms with Gasteiger partial charge in [-0.3, -0.25) is 0 Å². The summed E-state index contributed by atoms with van der Waals surface area (Å²) in [6.45, 7) is 1.85. The molecule has 0 atom stereocenters. The Bertz CT molecular complexity index is 766. The highest BCUT2D eigenvalue weighted by Gasteiger charge is 2.11. The Balaban J connectivity index is 1.97. The average Bonchev–Trinajstić information content (AvgIpc) is 2.94. The van der Waals surface area contributed by atoms with E-state index in [0.717, 1.165) is 11.3 Å². The molecule has 3 aromatic rings. The van der Waals surface area contributed by atoms with Crippen molar-refractivity contribution in [3.8, 4) is 28.3 Å². The van der Waals surface area contributed by atoms with Gasteiger partial charge in [0.05, 0.1) is 11.4 Å². The monoisotopic (exact) mass is 282 g/mol. The molecule has 0 aliphatic rings. The molecule has 0 radical (unpaired) electrons. The van der Waals surface area contributed by atoms with Crippen LogP contribution in [-0.4, -0.2) is 27.5 Å². The molecule has 6 heteroatoms. The van der Waals surface area contributed by atoms with Crippen LogP contribution in [0.4, 0.5) is 5.82 Å². The Morgan fingerprint density at radius 2 is 1.95 bits per heavy atom. The molecule has 0 aliphatic heterocycles. The van der Waals surface area contributed by atoms with Crippen LogP contribution >= 0.6 is 0 Å². The largest absolute Gasteiger partial charge is 0.507 e. The van der Waals surface area contributed by atoms with Gasteiger partial charge in [0.1, 0.15) is 11.6 Å². The first-order valence-electron chi connectivity index (χ1n) is 6.46. The number of phenolic OH excluding ortho intramolecular Hbond substituents is 1. The molecule has 1 aromatic carbocycles. The van der Waals surface area contributed by atoms with Gasteiger partial charge >= 0.3 is 0 Å². The third kappa shape index (κ3) is 2.55. The van der Waals surface area contributed by atoms with Crippen molar-refractivity contribution >= 4 is 5.82 Å². The molecule has 0 unspecified atom stereocenters. The van der Waals surface area contributed by atoms with Crippen LogP contribution in [0, 0.1) is 6.92 Å². The molecule has 0 aliphatic carbocycles. The molecule has 106 valence electrons. The zero-order valence-electron chi connectivity index (χ0n) is 11.7. The van der Waals surface area contributed by atoms with Crippen LogP contribution in [0.3, 0.4) is 0 Å². The summed E-state index contributed by atoms with van der Waals surface area (Å²) in [5.74, 6) is 1.41. The smallest absolute Gasteiger partial charge is 0.167 e. The zero-order chi connectivity index (χ0) is 14.8. The van der Waals surface area contributed by atoms with E-state index in [2.05, 4.69) is 20.7 Å². The van der Waals surface area contributed by atoms with E-state index >= 15 is 0 Å². The van der Waals surface area contributed by atoms with Gasteiger partial charge in [0, 0.05) is 24.2 Å². The Morgan fingerprint density at radius 3 is 2.52 bits per heavy atom. The van der Waals surface area contributed by atoms with Crippen molar-refractivity contribution in [3.05, 3.63) is 42.1 Å². The molecular weight excluding hydrogens is 268 g/mol. The summed E-state index contributed by atoms with van der Waals surface area (Å²) in [5, 5.41) is 25.0. The summed E-state index contributed by atoms with van der Waals surface area (Å²) in [5.41, 5.74) is 2.77.